The summed E-state index contributed by atoms with van der Waals surface area (Å²) in [7, 11) is 1.92. The Balaban J connectivity index is 2.18. The summed E-state index contributed by atoms with van der Waals surface area (Å²) in [6.07, 6.45) is 0.917. The summed E-state index contributed by atoms with van der Waals surface area (Å²) in [4.78, 5) is 14.7. The number of carbonyl (C=O) groups is 1. The molecule has 4 N–H and O–H groups in total. The summed E-state index contributed by atoms with van der Waals surface area (Å²) in [6, 6.07) is 9.36. The van der Waals surface area contributed by atoms with Crippen LogP contribution in [0.5, 0.6) is 0 Å². The van der Waals surface area contributed by atoms with E-state index in [1.165, 1.54) is 4.88 Å². The van der Waals surface area contributed by atoms with Crippen LogP contribution in [0.2, 0.25) is 0 Å². The number of likely N-dealkylation sites (N-methyl/N-ethyl adjacent to an activating group) is 1. The first-order chi connectivity index (χ1) is 9.09. The lowest BCUT2D eigenvalue weighted by Crippen LogP contribution is -2.25. The van der Waals surface area contributed by atoms with Crippen LogP contribution in [-0.4, -0.2) is 19.5 Å². The molecule has 0 fully saturated rings. The van der Waals surface area contributed by atoms with Crippen molar-refractivity contribution in [1.82, 2.24) is 0 Å². The highest BCUT2D eigenvalue weighted by Gasteiger charge is 2.14. The number of hydrogen-bond acceptors (Lipinski definition) is 4. The molecule has 5 heteroatoms. The van der Waals surface area contributed by atoms with Crippen LogP contribution < -0.4 is 16.4 Å². The summed E-state index contributed by atoms with van der Waals surface area (Å²) in [6.45, 7) is 0.787. The number of nitrogen functional groups attached to an aromatic ring is 1. The summed E-state index contributed by atoms with van der Waals surface area (Å²) in [5.41, 5.74) is 13.1. The van der Waals surface area contributed by atoms with Gasteiger partial charge in [-0.15, -0.1) is 11.3 Å². The second kappa shape index (κ2) is 5.75. The SMILES string of the molecule is CN(CCc1cccs1)c1c(N)cccc1C(N)=O. The number of primary amides is 1. The molecule has 0 saturated carbocycles. The minimum Gasteiger partial charge on any atom is -0.397 e. The summed E-state index contributed by atoms with van der Waals surface area (Å²) in [5, 5.41) is 2.06. The maximum absolute atomic E-state index is 11.5. The number of para-hydroxylation sites is 1. The van der Waals surface area contributed by atoms with Crippen LogP contribution in [-0.2, 0) is 6.42 Å². The van der Waals surface area contributed by atoms with E-state index in [2.05, 4.69) is 11.4 Å². The smallest absolute Gasteiger partial charge is 0.250 e. The number of benzene rings is 1. The van der Waals surface area contributed by atoms with Gasteiger partial charge in [0.2, 0.25) is 0 Å². The fourth-order valence-corrected chi connectivity index (χ4v) is 2.73. The number of rotatable bonds is 5. The molecule has 0 spiro atoms. The fraction of sp³-hybridized carbons (Fsp3) is 0.214. The molecule has 0 atom stereocenters. The molecule has 2 aromatic rings. The molecule has 1 heterocycles. The zero-order valence-electron chi connectivity index (χ0n) is 10.8. The van der Waals surface area contributed by atoms with Crippen molar-refractivity contribution in [2.24, 2.45) is 5.73 Å². The number of thiophene rings is 1. The first kappa shape index (κ1) is 13.4. The Morgan fingerprint density at radius 2 is 2.11 bits per heavy atom. The van der Waals surface area contributed by atoms with Gasteiger partial charge in [0, 0.05) is 18.5 Å². The molecule has 0 aliphatic carbocycles. The van der Waals surface area contributed by atoms with Gasteiger partial charge in [-0.1, -0.05) is 12.1 Å². The molecule has 0 aliphatic heterocycles. The van der Waals surface area contributed by atoms with Gasteiger partial charge in [0.05, 0.1) is 16.9 Å². The maximum Gasteiger partial charge on any atom is 0.250 e. The highest BCUT2D eigenvalue weighted by atomic mass is 32.1. The molecule has 4 nitrogen and oxygen atoms in total. The van der Waals surface area contributed by atoms with Crippen molar-refractivity contribution in [1.29, 1.82) is 0 Å². The van der Waals surface area contributed by atoms with Gasteiger partial charge in [0.15, 0.2) is 0 Å². The van der Waals surface area contributed by atoms with Gasteiger partial charge in [-0.2, -0.15) is 0 Å². The second-order valence-electron chi connectivity index (χ2n) is 4.36. The lowest BCUT2D eigenvalue weighted by Gasteiger charge is -2.23. The molecule has 0 unspecified atom stereocenters. The zero-order valence-corrected chi connectivity index (χ0v) is 11.6. The van der Waals surface area contributed by atoms with E-state index in [1.54, 1.807) is 29.5 Å². The second-order valence-corrected chi connectivity index (χ2v) is 5.39. The Hall–Kier alpha value is -2.01. The quantitative estimate of drug-likeness (QED) is 0.821. The van der Waals surface area contributed by atoms with Crippen LogP contribution >= 0.6 is 11.3 Å². The van der Waals surface area contributed by atoms with Gasteiger partial charge in [-0.3, -0.25) is 4.79 Å². The summed E-state index contributed by atoms with van der Waals surface area (Å²) in [5.74, 6) is -0.453. The molecule has 1 amide bonds. The predicted molar refractivity (Wildman–Crippen MR) is 80.7 cm³/mol. The molecule has 1 aromatic heterocycles. The van der Waals surface area contributed by atoms with Gasteiger partial charge in [-0.25, -0.2) is 0 Å². The third kappa shape index (κ3) is 3.06. The molecule has 0 aliphatic rings. The van der Waals surface area contributed by atoms with Gasteiger partial charge in [0.25, 0.3) is 5.91 Å². The van der Waals surface area contributed by atoms with E-state index in [0.717, 1.165) is 13.0 Å². The molecule has 0 bridgehead atoms. The van der Waals surface area contributed by atoms with Crippen molar-refractivity contribution >= 4 is 28.6 Å². The molecule has 0 saturated heterocycles. The number of anilines is 2. The number of amides is 1. The Kier molecular flexibility index (Phi) is 4.06. The Bertz CT molecular complexity index is 566. The molecule has 1 aromatic carbocycles. The highest BCUT2D eigenvalue weighted by Crippen LogP contribution is 2.27. The minimum absolute atomic E-state index is 0.453. The van der Waals surface area contributed by atoms with Crippen molar-refractivity contribution in [3.63, 3.8) is 0 Å². The molecular weight excluding hydrogens is 258 g/mol. The largest absolute Gasteiger partial charge is 0.397 e. The Morgan fingerprint density at radius 3 is 2.74 bits per heavy atom. The van der Waals surface area contributed by atoms with E-state index < -0.39 is 5.91 Å². The molecule has 19 heavy (non-hydrogen) atoms. The monoisotopic (exact) mass is 275 g/mol. The van der Waals surface area contributed by atoms with Crippen molar-refractivity contribution in [2.75, 3.05) is 24.2 Å². The normalized spacial score (nSPS) is 10.4. The lowest BCUT2D eigenvalue weighted by atomic mass is 10.1. The average molecular weight is 275 g/mol. The zero-order chi connectivity index (χ0) is 13.8. The van der Waals surface area contributed by atoms with Crippen molar-refractivity contribution < 1.29 is 4.79 Å². The van der Waals surface area contributed by atoms with Crippen LogP contribution in [0.4, 0.5) is 11.4 Å². The van der Waals surface area contributed by atoms with E-state index in [1.807, 2.05) is 18.0 Å². The first-order valence-electron chi connectivity index (χ1n) is 6.01. The van der Waals surface area contributed by atoms with Gasteiger partial charge in [-0.05, 0) is 30.0 Å². The van der Waals surface area contributed by atoms with Crippen molar-refractivity contribution in [2.45, 2.75) is 6.42 Å². The van der Waals surface area contributed by atoms with Crippen LogP contribution in [0.1, 0.15) is 15.2 Å². The third-order valence-corrected chi connectivity index (χ3v) is 3.92. The third-order valence-electron chi connectivity index (χ3n) is 2.99. The Labute approximate surface area is 116 Å². The highest BCUT2D eigenvalue weighted by molar-refractivity contribution is 7.09. The molecular formula is C14H17N3OS. The standard InChI is InChI=1S/C14H17N3OS/c1-17(8-7-10-4-3-9-19-10)13-11(14(16)18)5-2-6-12(13)15/h2-6,9H,7-8,15H2,1H3,(H2,16,18). The van der Waals surface area contributed by atoms with Gasteiger partial charge >= 0.3 is 0 Å². The summed E-state index contributed by atoms with van der Waals surface area (Å²) >= 11 is 1.73. The van der Waals surface area contributed by atoms with Gasteiger partial charge < -0.3 is 16.4 Å². The topological polar surface area (TPSA) is 72.3 Å². The van der Waals surface area contributed by atoms with Crippen molar-refractivity contribution in [3.05, 3.63) is 46.2 Å². The molecule has 2 rings (SSSR count). The van der Waals surface area contributed by atoms with E-state index >= 15 is 0 Å². The average Bonchev–Trinajstić information content (AvgIpc) is 2.88. The maximum atomic E-state index is 11.5. The predicted octanol–water partition coefficient (Wildman–Crippen LogP) is 2.11. The fourth-order valence-electron chi connectivity index (χ4n) is 2.03. The number of nitrogens with two attached hydrogens (primary N) is 2. The van der Waals surface area contributed by atoms with E-state index in [0.29, 0.717) is 16.9 Å². The van der Waals surface area contributed by atoms with Crippen molar-refractivity contribution in [3.8, 4) is 0 Å². The number of carbonyl (C=O) groups excluding carboxylic acids is 1. The van der Waals surface area contributed by atoms with Crippen LogP contribution in [0, 0.1) is 0 Å². The van der Waals surface area contributed by atoms with Crippen LogP contribution in [0.25, 0.3) is 0 Å². The lowest BCUT2D eigenvalue weighted by molar-refractivity contribution is 0.100. The van der Waals surface area contributed by atoms with E-state index in [9.17, 15) is 4.79 Å². The van der Waals surface area contributed by atoms with Crippen LogP contribution in [0.15, 0.2) is 35.7 Å². The van der Waals surface area contributed by atoms with E-state index in [-0.39, 0.29) is 0 Å². The van der Waals surface area contributed by atoms with E-state index in [4.69, 9.17) is 11.5 Å². The van der Waals surface area contributed by atoms with Crippen LogP contribution in [0.3, 0.4) is 0 Å². The number of nitrogens with zero attached hydrogens (tertiary/aromatic N) is 1. The first-order valence-corrected chi connectivity index (χ1v) is 6.89. The Morgan fingerprint density at radius 1 is 1.32 bits per heavy atom. The molecule has 0 radical (unpaired) electrons. The van der Waals surface area contributed by atoms with Gasteiger partial charge in [0.1, 0.15) is 0 Å². The summed E-state index contributed by atoms with van der Waals surface area (Å²) < 4.78 is 0. The molecule has 100 valence electrons. The number of hydrogen-bond donors (Lipinski definition) is 2. The minimum atomic E-state index is -0.453.